The summed E-state index contributed by atoms with van der Waals surface area (Å²) in [4.78, 5) is 11.7. The zero-order valence-corrected chi connectivity index (χ0v) is 10.2. The van der Waals surface area contributed by atoms with Gasteiger partial charge in [0.15, 0.2) is 0 Å². The monoisotopic (exact) mass is 286 g/mol. The summed E-state index contributed by atoms with van der Waals surface area (Å²) in [6.45, 7) is 0. The van der Waals surface area contributed by atoms with Crippen LogP contribution in [-0.2, 0) is 7.05 Å². The summed E-state index contributed by atoms with van der Waals surface area (Å²) in [5, 5.41) is 6.98. The number of amides is 1. The maximum absolute atomic E-state index is 11.7. The molecule has 0 atom stereocenters. The maximum atomic E-state index is 11.7. The van der Waals surface area contributed by atoms with E-state index in [9.17, 15) is 4.79 Å². The summed E-state index contributed by atoms with van der Waals surface area (Å²) < 4.78 is 6.27. The number of anilines is 1. The van der Waals surface area contributed by atoms with Crippen molar-refractivity contribution >= 4 is 38.4 Å². The fraction of sp³-hybridized carbons (Fsp3) is 0.125. The van der Waals surface area contributed by atoms with Crippen molar-refractivity contribution in [2.75, 3.05) is 5.32 Å². The average Bonchev–Trinajstić information content (AvgIpc) is 2.75. The minimum atomic E-state index is -0.172. The highest BCUT2D eigenvalue weighted by molar-refractivity contribution is 9.10. The molecule has 0 aromatic carbocycles. The lowest BCUT2D eigenvalue weighted by Gasteiger charge is -2.01. The molecule has 7 heteroatoms. The van der Waals surface area contributed by atoms with E-state index < -0.39 is 0 Å². The van der Waals surface area contributed by atoms with Gasteiger partial charge in [-0.15, -0.1) is 5.10 Å². The molecule has 0 bridgehead atoms. The van der Waals surface area contributed by atoms with Crippen LogP contribution in [0.2, 0.25) is 0 Å². The van der Waals surface area contributed by atoms with Crippen molar-refractivity contribution in [3.63, 3.8) is 0 Å². The topological polar surface area (TPSA) is 59.8 Å². The molecule has 0 aliphatic rings. The number of rotatable bonds is 2. The van der Waals surface area contributed by atoms with Crippen molar-refractivity contribution in [1.29, 1.82) is 0 Å². The number of carbonyl (C=O) groups excluding carboxylic acids is 1. The van der Waals surface area contributed by atoms with E-state index in [-0.39, 0.29) is 5.91 Å². The van der Waals surface area contributed by atoms with E-state index in [1.807, 2.05) is 13.2 Å². The lowest BCUT2D eigenvalue weighted by atomic mass is 10.4. The van der Waals surface area contributed by atoms with Gasteiger partial charge in [-0.1, -0.05) is 4.49 Å². The van der Waals surface area contributed by atoms with Crippen molar-refractivity contribution in [1.82, 2.24) is 14.2 Å². The molecule has 0 saturated carbocycles. The standard InChI is InChI=1S/C8H7BrN4OS/c1-13-4-5(9)2-6(13)8(14)11-7-3-10-12-15-7/h2-4H,1H3,(H,11,14). The van der Waals surface area contributed by atoms with E-state index in [2.05, 4.69) is 30.8 Å². The van der Waals surface area contributed by atoms with E-state index in [0.717, 1.165) is 16.0 Å². The molecule has 2 heterocycles. The first-order valence-electron chi connectivity index (χ1n) is 4.07. The van der Waals surface area contributed by atoms with Crippen molar-refractivity contribution in [3.05, 3.63) is 28.6 Å². The second-order valence-electron chi connectivity index (χ2n) is 2.89. The molecule has 2 aromatic heterocycles. The molecule has 0 radical (unpaired) electrons. The van der Waals surface area contributed by atoms with Gasteiger partial charge in [-0.25, -0.2) is 0 Å². The number of aryl methyl sites for hydroxylation is 1. The first kappa shape index (κ1) is 10.3. The highest BCUT2D eigenvalue weighted by atomic mass is 79.9. The van der Waals surface area contributed by atoms with Crippen molar-refractivity contribution in [2.24, 2.45) is 7.05 Å². The Morgan fingerprint density at radius 3 is 3.00 bits per heavy atom. The summed E-state index contributed by atoms with van der Waals surface area (Å²) in [6.07, 6.45) is 3.33. The Balaban J connectivity index is 2.18. The Hall–Kier alpha value is -1.21. The molecule has 2 aromatic rings. The zero-order valence-electron chi connectivity index (χ0n) is 7.77. The maximum Gasteiger partial charge on any atom is 0.272 e. The molecule has 0 unspecified atom stereocenters. The molecule has 1 N–H and O–H groups in total. The van der Waals surface area contributed by atoms with Gasteiger partial charge in [0.1, 0.15) is 10.7 Å². The second-order valence-corrected chi connectivity index (χ2v) is 4.59. The zero-order chi connectivity index (χ0) is 10.8. The fourth-order valence-electron chi connectivity index (χ4n) is 1.15. The van der Waals surface area contributed by atoms with Gasteiger partial charge in [-0.3, -0.25) is 4.79 Å². The smallest absolute Gasteiger partial charge is 0.272 e. The molecule has 0 saturated heterocycles. The molecule has 1 amide bonds. The highest BCUT2D eigenvalue weighted by Crippen LogP contribution is 2.16. The highest BCUT2D eigenvalue weighted by Gasteiger charge is 2.11. The fourth-order valence-corrected chi connectivity index (χ4v) is 2.09. The third-order valence-electron chi connectivity index (χ3n) is 1.80. The molecule has 15 heavy (non-hydrogen) atoms. The van der Waals surface area contributed by atoms with Gasteiger partial charge in [-0.2, -0.15) is 0 Å². The average molecular weight is 287 g/mol. The van der Waals surface area contributed by atoms with E-state index in [0.29, 0.717) is 10.7 Å². The van der Waals surface area contributed by atoms with Crippen LogP contribution < -0.4 is 5.32 Å². The number of nitrogens with zero attached hydrogens (tertiary/aromatic N) is 3. The molecule has 0 fully saturated rings. The van der Waals surface area contributed by atoms with Gasteiger partial charge < -0.3 is 9.88 Å². The summed E-state index contributed by atoms with van der Waals surface area (Å²) in [6, 6.07) is 1.75. The van der Waals surface area contributed by atoms with Crippen LogP contribution in [0, 0.1) is 0 Å². The molecule has 0 spiro atoms. The summed E-state index contributed by atoms with van der Waals surface area (Å²) in [5.41, 5.74) is 0.579. The van der Waals surface area contributed by atoms with Crippen LogP contribution in [0.1, 0.15) is 10.5 Å². The molecule has 0 aliphatic carbocycles. The van der Waals surface area contributed by atoms with Crippen LogP contribution in [0.3, 0.4) is 0 Å². The van der Waals surface area contributed by atoms with Gasteiger partial charge in [0, 0.05) is 29.2 Å². The van der Waals surface area contributed by atoms with E-state index >= 15 is 0 Å². The summed E-state index contributed by atoms with van der Waals surface area (Å²) >= 11 is 4.45. The van der Waals surface area contributed by atoms with E-state index in [4.69, 9.17) is 0 Å². The van der Waals surface area contributed by atoms with Gasteiger partial charge in [0.25, 0.3) is 5.91 Å². The largest absolute Gasteiger partial charge is 0.345 e. The predicted octanol–water partition coefficient (Wildman–Crippen LogP) is 1.89. The molecular formula is C8H7BrN4OS. The molecule has 78 valence electrons. The first-order valence-corrected chi connectivity index (χ1v) is 5.64. The van der Waals surface area contributed by atoms with Crippen LogP contribution in [0.5, 0.6) is 0 Å². The Morgan fingerprint density at radius 1 is 1.67 bits per heavy atom. The molecule has 0 aliphatic heterocycles. The Morgan fingerprint density at radius 2 is 2.47 bits per heavy atom. The molecular weight excluding hydrogens is 280 g/mol. The number of hydrogen-bond donors (Lipinski definition) is 1. The Bertz CT molecular complexity index is 479. The second kappa shape index (κ2) is 4.11. The minimum absolute atomic E-state index is 0.172. The third kappa shape index (κ3) is 2.24. The molecule has 5 nitrogen and oxygen atoms in total. The lowest BCUT2D eigenvalue weighted by molar-refractivity contribution is 0.101. The summed E-state index contributed by atoms with van der Waals surface area (Å²) in [7, 11) is 1.81. The number of aromatic nitrogens is 3. The van der Waals surface area contributed by atoms with E-state index in [1.54, 1.807) is 10.6 Å². The van der Waals surface area contributed by atoms with Crippen LogP contribution in [0.25, 0.3) is 0 Å². The normalized spacial score (nSPS) is 10.3. The van der Waals surface area contributed by atoms with Gasteiger partial charge in [0.2, 0.25) is 0 Å². The van der Waals surface area contributed by atoms with Crippen LogP contribution >= 0.6 is 27.5 Å². The van der Waals surface area contributed by atoms with Crippen molar-refractivity contribution < 1.29 is 4.79 Å². The number of hydrogen-bond acceptors (Lipinski definition) is 4. The summed E-state index contributed by atoms with van der Waals surface area (Å²) in [5.74, 6) is -0.172. The van der Waals surface area contributed by atoms with Gasteiger partial charge >= 0.3 is 0 Å². The van der Waals surface area contributed by atoms with Crippen LogP contribution in [-0.4, -0.2) is 20.1 Å². The third-order valence-corrected chi connectivity index (χ3v) is 2.82. The van der Waals surface area contributed by atoms with Gasteiger partial charge in [-0.05, 0) is 22.0 Å². The van der Waals surface area contributed by atoms with Crippen molar-refractivity contribution in [3.8, 4) is 0 Å². The Labute approximate surface area is 98.4 Å². The molecule has 2 rings (SSSR count). The van der Waals surface area contributed by atoms with Crippen LogP contribution in [0.15, 0.2) is 22.9 Å². The SMILES string of the molecule is Cn1cc(Br)cc1C(=O)Nc1cnns1. The quantitative estimate of drug-likeness (QED) is 0.917. The first-order chi connectivity index (χ1) is 7.16. The lowest BCUT2D eigenvalue weighted by Crippen LogP contribution is -2.14. The predicted molar refractivity (Wildman–Crippen MR) is 61.0 cm³/mol. The number of halogens is 1. The van der Waals surface area contributed by atoms with E-state index in [1.165, 1.54) is 6.20 Å². The van der Waals surface area contributed by atoms with Crippen molar-refractivity contribution in [2.45, 2.75) is 0 Å². The minimum Gasteiger partial charge on any atom is -0.345 e. The number of nitrogens with one attached hydrogen (secondary N) is 1. The van der Waals surface area contributed by atoms with Gasteiger partial charge in [0.05, 0.1) is 6.20 Å². The Kier molecular flexibility index (Phi) is 2.83. The van der Waals surface area contributed by atoms with Crippen LogP contribution in [0.4, 0.5) is 5.00 Å². The number of carbonyl (C=O) groups is 1.